The van der Waals surface area contributed by atoms with Crippen LogP contribution in [0.4, 0.5) is 0 Å². The van der Waals surface area contributed by atoms with Gasteiger partial charge in [0.05, 0.1) is 6.04 Å². The van der Waals surface area contributed by atoms with Crippen LogP contribution in [0.3, 0.4) is 0 Å². The molecular formula is C25H30N2O. The van der Waals surface area contributed by atoms with Gasteiger partial charge in [-0.25, -0.2) is 0 Å². The third-order valence-electron chi connectivity index (χ3n) is 5.50. The molecule has 3 heteroatoms. The molecule has 0 bridgehead atoms. The third-order valence-corrected chi connectivity index (χ3v) is 5.50. The summed E-state index contributed by atoms with van der Waals surface area (Å²) in [6.45, 7) is 7.96. The Morgan fingerprint density at radius 2 is 1.75 bits per heavy atom. The highest BCUT2D eigenvalue weighted by Crippen LogP contribution is 2.34. The molecule has 0 N–H and O–H groups in total. The second-order valence-electron chi connectivity index (χ2n) is 8.09. The van der Waals surface area contributed by atoms with Crippen LogP contribution >= 0.6 is 0 Å². The van der Waals surface area contributed by atoms with Crippen molar-refractivity contribution in [3.05, 3.63) is 84.2 Å². The maximum Gasteiger partial charge on any atom is 0.127 e. The van der Waals surface area contributed by atoms with Crippen LogP contribution < -0.4 is 4.74 Å². The van der Waals surface area contributed by atoms with E-state index in [2.05, 4.69) is 59.8 Å². The number of aryl methyl sites for hydroxylation is 1. The van der Waals surface area contributed by atoms with Crippen LogP contribution in [0.1, 0.15) is 44.0 Å². The van der Waals surface area contributed by atoms with Gasteiger partial charge in [-0.15, -0.1) is 0 Å². The Balaban J connectivity index is 1.66. The highest BCUT2D eigenvalue weighted by Gasteiger charge is 2.27. The highest BCUT2D eigenvalue weighted by molar-refractivity contribution is 5.38. The molecule has 1 aliphatic heterocycles. The van der Waals surface area contributed by atoms with E-state index in [9.17, 15) is 0 Å². The molecule has 3 nitrogen and oxygen atoms in total. The topological polar surface area (TPSA) is 17.4 Å². The first kappa shape index (κ1) is 18.8. The van der Waals surface area contributed by atoms with E-state index >= 15 is 0 Å². The smallest absolute Gasteiger partial charge is 0.127 e. The molecule has 0 unspecified atom stereocenters. The number of aromatic nitrogens is 1. The van der Waals surface area contributed by atoms with Gasteiger partial charge in [-0.05, 0) is 67.3 Å². The van der Waals surface area contributed by atoms with Crippen molar-refractivity contribution in [1.82, 2.24) is 9.47 Å². The van der Waals surface area contributed by atoms with Crippen molar-refractivity contribution in [2.75, 3.05) is 13.1 Å². The van der Waals surface area contributed by atoms with Gasteiger partial charge in [-0.2, -0.15) is 0 Å². The van der Waals surface area contributed by atoms with Crippen molar-refractivity contribution in [2.24, 2.45) is 5.92 Å². The average molecular weight is 375 g/mol. The Kier molecular flexibility index (Phi) is 5.82. The summed E-state index contributed by atoms with van der Waals surface area (Å²) < 4.78 is 8.54. The van der Waals surface area contributed by atoms with Crippen LogP contribution in [-0.4, -0.2) is 22.6 Å². The Bertz CT molecular complexity index is 884. The van der Waals surface area contributed by atoms with Crippen LogP contribution in [0.2, 0.25) is 0 Å². The first-order valence-electron chi connectivity index (χ1n) is 10.4. The van der Waals surface area contributed by atoms with Crippen molar-refractivity contribution >= 4 is 0 Å². The number of hydrogen-bond acceptors (Lipinski definition) is 2. The fourth-order valence-corrected chi connectivity index (χ4v) is 4.06. The van der Waals surface area contributed by atoms with Crippen molar-refractivity contribution < 1.29 is 4.74 Å². The summed E-state index contributed by atoms with van der Waals surface area (Å²) in [5, 5.41) is 0. The number of nitrogens with zero attached hydrogens (tertiary/aromatic N) is 2. The molecule has 4 rings (SSSR count). The van der Waals surface area contributed by atoms with Crippen molar-refractivity contribution in [3.63, 3.8) is 0 Å². The summed E-state index contributed by atoms with van der Waals surface area (Å²) in [6, 6.07) is 23.4. The second-order valence-corrected chi connectivity index (χ2v) is 8.09. The van der Waals surface area contributed by atoms with Gasteiger partial charge >= 0.3 is 0 Å². The highest BCUT2D eigenvalue weighted by atomic mass is 16.5. The fraction of sp³-hybridized carbons (Fsp3) is 0.360. The van der Waals surface area contributed by atoms with E-state index in [1.807, 2.05) is 36.4 Å². The van der Waals surface area contributed by atoms with Gasteiger partial charge in [0, 0.05) is 25.0 Å². The average Bonchev–Trinajstić information content (AvgIpc) is 3.08. The predicted octanol–water partition coefficient (Wildman–Crippen LogP) is 6.12. The molecular weight excluding hydrogens is 344 g/mol. The number of hydrogen-bond donors (Lipinski definition) is 0. The molecule has 0 saturated heterocycles. The van der Waals surface area contributed by atoms with Gasteiger partial charge in [0.2, 0.25) is 0 Å². The molecule has 2 aromatic carbocycles. The molecule has 146 valence electrons. The van der Waals surface area contributed by atoms with Crippen molar-refractivity contribution in [3.8, 4) is 11.5 Å². The SMILES string of the molecule is CC(C)CCN1CCCn2cccc2[C@H]1c1cccc(Oc2ccccc2)c1. The van der Waals surface area contributed by atoms with Crippen LogP contribution in [0.25, 0.3) is 0 Å². The van der Waals surface area contributed by atoms with Crippen molar-refractivity contribution in [2.45, 2.75) is 39.3 Å². The van der Waals surface area contributed by atoms with E-state index in [-0.39, 0.29) is 6.04 Å². The normalized spacial score (nSPS) is 17.3. The molecule has 0 spiro atoms. The molecule has 0 amide bonds. The van der Waals surface area contributed by atoms with Crippen LogP contribution in [0.5, 0.6) is 11.5 Å². The number of ether oxygens (including phenoxy) is 1. The molecule has 28 heavy (non-hydrogen) atoms. The first-order valence-corrected chi connectivity index (χ1v) is 10.4. The molecule has 0 fully saturated rings. The monoisotopic (exact) mass is 374 g/mol. The van der Waals surface area contributed by atoms with E-state index in [1.54, 1.807) is 0 Å². The van der Waals surface area contributed by atoms with Crippen LogP contribution in [-0.2, 0) is 6.54 Å². The number of rotatable bonds is 6. The molecule has 3 aromatic rings. The third kappa shape index (κ3) is 4.31. The number of fused-ring (bicyclic) bond motifs is 1. The van der Waals surface area contributed by atoms with Crippen LogP contribution in [0.15, 0.2) is 72.9 Å². The molecule has 1 aliphatic rings. The Labute approximate surface area is 168 Å². The van der Waals surface area contributed by atoms with Gasteiger partial charge in [0.15, 0.2) is 0 Å². The predicted molar refractivity (Wildman–Crippen MR) is 115 cm³/mol. The molecule has 2 heterocycles. The van der Waals surface area contributed by atoms with E-state index in [0.29, 0.717) is 5.92 Å². The minimum atomic E-state index is 0.274. The molecule has 0 aliphatic carbocycles. The molecule has 0 radical (unpaired) electrons. The standard InChI is InChI=1S/C25H30N2O/c1-20(2)14-18-27-17-8-16-26-15-7-13-24(26)25(27)21-9-6-12-23(19-21)28-22-10-4-3-5-11-22/h3-7,9-13,15,19-20,25H,8,14,16-18H2,1-2H3/t25-/m1/s1. The van der Waals surface area contributed by atoms with E-state index in [0.717, 1.165) is 31.1 Å². The number of benzene rings is 2. The maximum atomic E-state index is 6.12. The van der Waals surface area contributed by atoms with E-state index < -0.39 is 0 Å². The minimum absolute atomic E-state index is 0.274. The van der Waals surface area contributed by atoms with Crippen molar-refractivity contribution in [1.29, 1.82) is 0 Å². The number of para-hydroxylation sites is 1. The first-order chi connectivity index (χ1) is 13.7. The zero-order valence-corrected chi connectivity index (χ0v) is 16.9. The molecule has 1 aromatic heterocycles. The summed E-state index contributed by atoms with van der Waals surface area (Å²) in [5.74, 6) is 2.49. The van der Waals surface area contributed by atoms with Gasteiger partial charge in [-0.1, -0.05) is 44.2 Å². The Morgan fingerprint density at radius 3 is 2.57 bits per heavy atom. The van der Waals surface area contributed by atoms with E-state index in [1.165, 1.54) is 24.1 Å². The summed E-state index contributed by atoms with van der Waals surface area (Å²) in [7, 11) is 0. The lowest BCUT2D eigenvalue weighted by atomic mass is 10.0. The second kappa shape index (κ2) is 8.66. The minimum Gasteiger partial charge on any atom is -0.457 e. The molecule has 1 atom stereocenters. The summed E-state index contributed by atoms with van der Waals surface area (Å²) >= 11 is 0. The fourth-order valence-electron chi connectivity index (χ4n) is 4.06. The Hall–Kier alpha value is -2.52. The lowest BCUT2D eigenvalue weighted by Gasteiger charge is -2.31. The summed E-state index contributed by atoms with van der Waals surface area (Å²) in [4.78, 5) is 2.65. The van der Waals surface area contributed by atoms with Gasteiger partial charge in [0.25, 0.3) is 0 Å². The Morgan fingerprint density at radius 1 is 0.929 bits per heavy atom. The van der Waals surface area contributed by atoms with Gasteiger partial charge in [0.1, 0.15) is 11.5 Å². The maximum absolute atomic E-state index is 6.12. The lowest BCUT2D eigenvalue weighted by Crippen LogP contribution is -2.31. The van der Waals surface area contributed by atoms with E-state index in [4.69, 9.17) is 4.74 Å². The lowest BCUT2D eigenvalue weighted by molar-refractivity contribution is 0.216. The zero-order valence-electron chi connectivity index (χ0n) is 16.9. The quantitative estimate of drug-likeness (QED) is 0.517. The molecule has 0 saturated carbocycles. The zero-order chi connectivity index (χ0) is 19.3. The van der Waals surface area contributed by atoms with Gasteiger partial charge in [-0.3, -0.25) is 4.90 Å². The van der Waals surface area contributed by atoms with Gasteiger partial charge < -0.3 is 9.30 Å². The summed E-state index contributed by atoms with van der Waals surface area (Å²) in [6.07, 6.45) is 4.63. The van der Waals surface area contributed by atoms with Crippen LogP contribution in [0, 0.1) is 5.92 Å². The largest absolute Gasteiger partial charge is 0.457 e. The summed E-state index contributed by atoms with van der Waals surface area (Å²) in [5.41, 5.74) is 2.69.